The van der Waals surface area contributed by atoms with E-state index >= 15 is 0 Å². The van der Waals surface area contributed by atoms with Gasteiger partial charge in [-0.25, -0.2) is 0 Å². The highest BCUT2D eigenvalue weighted by atomic mass is 79.9. The number of rotatable bonds is 5. The molecule has 4 heteroatoms. The third-order valence-corrected chi connectivity index (χ3v) is 4.29. The fraction of sp³-hybridized carbons (Fsp3) is 0.600. The molecule has 19 heavy (non-hydrogen) atoms. The summed E-state index contributed by atoms with van der Waals surface area (Å²) >= 11 is 3.48. The maximum atomic E-state index is 3.48. The van der Waals surface area contributed by atoms with Crippen molar-refractivity contribution in [2.75, 3.05) is 53.4 Å². The fourth-order valence-corrected chi connectivity index (χ4v) is 2.63. The lowest BCUT2D eigenvalue weighted by Gasteiger charge is -2.33. The van der Waals surface area contributed by atoms with Crippen LogP contribution in [0.5, 0.6) is 0 Å². The van der Waals surface area contributed by atoms with E-state index in [1.165, 1.54) is 38.3 Å². The molecule has 0 N–H and O–H groups in total. The van der Waals surface area contributed by atoms with Gasteiger partial charge in [-0.15, -0.1) is 0 Å². The molecule has 1 aliphatic heterocycles. The first-order valence-corrected chi connectivity index (χ1v) is 7.76. The summed E-state index contributed by atoms with van der Waals surface area (Å²) in [6.45, 7) is 8.18. The fourth-order valence-electron chi connectivity index (χ4n) is 2.36. The second kappa shape index (κ2) is 7.39. The normalized spacial score (nSPS) is 18.1. The predicted molar refractivity (Wildman–Crippen MR) is 84.4 cm³/mol. The summed E-state index contributed by atoms with van der Waals surface area (Å²) in [6, 6.07) is 8.61. The van der Waals surface area contributed by atoms with Crippen LogP contribution in [0.4, 0.5) is 0 Å². The topological polar surface area (TPSA) is 9.72 Å². The molecule has 1 saturated heterocycles. The molecule has 0 saturated carbocycles. The quantitative estimate of drug-likeness (QED) is 0.821. The van der Waals surface area contributed by atoms with Crippen molar-refractivity contribution in [3.8, 4) is 0 Å². The maximum absolute atomic E-state index is 3.48. The number of benzene rings is 1. The van der Waals surface area contributed by atoms with Crippen LogP contribution in [0.25, 0.3) is 0 Å². The molecular formula is C15H24BrN3. The molecule has 1 aliphatic rings. The Kier molecular flexibility index (Phi) is 5.82. The first kappa shape index (κ1) is 15.0. The van der Waals surface area contributed by atoms with Gasteiger partial charge in [0.1, 0.15) is 0 Å². The van der Waals surface area contributed by atoms with Gasteiger partial charge in [-0.1, -0.05) is 28.1 Å². The summed E-state index contributed by atoms with van der Waals surface area (Å²) < 4.78 is 1.15. The Bertz CT molecular complexity index is 371. The maximum Gasteiger partial charge on any atom is 0.0231 e. The lowest BCUT2D eigenvalue weighted by molar-refractivity contribution is 0.139. The number of likely N-dealkylation sites (N-methyl/N-ethyl adjacent to an activating group) is 2. The SMILES string of the molecule is CN1CCN(CCN(C)Cc2ccc(Br)cc2)CC1. The average molecular weight is 326 g/mol. The summed E-state index contributed by atoms with van der Waals surface area (Å²) in [5.74, 6) is 0. The van der Waals surface area contributed by atoms with E-state index in [-0.39, 0.29) is 0 Å². The highest BCUT2D eigenvalue weighted by Crippen LogP contribution is 2.11. The molecule has 1 aromatic carbocycles. The van der Waals surface area contributed by atoms with Gasteiger partial charge >= 0.3 is 0 Å². The monoisotopic (exact) mass is 325 g/mol. The van der Waals surface area contributed by atoms with Crippen LogP contribution in [0.1, 0.15) is 5.56 Å². The molecule has 1 heterocycles. The van der Waals surface area contributed by atoms with Crippen LogP contribution in [-0.2, 0) is 6.54 Å². The van der Waals surface area contributed by atoms with Crippen molar-refractivity contribution in [1.29, 1.82) is 0 Å². The van der Waals surface area contributed by atoms with E-state index in [4.69, 9.17) is 0 Å². The van der Waals surface area contributed by atoms with E-state index in [0.717, 1.165) is 17.6 Å². The van der Waals surface area contributed by atoms with E-state index in [1.54, 1.807) is 0 Å². The molecule has 0 aliphatic carbocycles. The van der Waals surface area contributed by atoms with Crippen molar-refractivity contribution in [3.63, 3.8) is 0 Å². The van der Waals surface area contributed by atoms with Crippen molar-refractivity contribution in [3.05, 3.63) is 34.3 Å². The molecule has 1 aromatic rings. The van der Waals surface area contributed by atoms with E-state index < -0.39 is 0 Å². The highest BCUT2D eigenvalue weighted by molar-refractivity contribution is 9.10. The minimum atomic E-state index is 1.03. The molecule has 0 radical (unpaired) electrons. The number of hydrogen-bond acceptors (Lipinski definition) is 3. The molecule has 3 nitrogen and oxygen atoms in total. The smallest absolute Gasteiger partial charge is 0.0231 e. The van der Waals surface area contributed by atoms with Crippen LogP contribution in [0.15, 0.2) is 28.7 Å². The van der Waals surface area contributed by atoms with Gasteiger partial charge < -0.3 is 9.80 Å². The summed E-state index contributed by atoms with van der Waals surface area (Å²) in [5.41, 5.74) is 1.38. The molecule has 0 atom stereocenters. The Labute approximate surface area is 125 Å². The number of nitrogens with zero attached hydrogens (tertiary/aromatic N) is 3. The highest BCUT2D eigenvalue weighted by Gasteiger charge is 2.13. The van der Waals surface area contributed by atoms with Crippen molar-refractivity contribution in [1.82, 2.24) is 14.7 Å². The Balaban J connectivity index is 1.69. The molecule has 0 spiro atoms. The minimum absolute atomic E-state index is 1.03. The number of piperazine rings is 1. The van der Waals surface area contributed by atoms with Crippen LogP contribution in [0.2, 0.25) is 0 Å². The molecule has 2 rings (SSSR count). The minimum Gasteiger partial charge on any atom is -0.304 e. The van der Waals surface area contributed by atoms with Gasteiger partial charge in [-0.3, -0.25) is 4.90 Å². The lowest BCUT2D eigenvalue weighted by atomic mass is 10.2. The molecule has 1 fully saturated rings. The molecular weight excluding hydrogens is 302 g/mol. The Morgan fingerprint density at radius 3 is 2.37 bits per heavy atom. The van der Waals surface area contributed by atoms with Gasteiger partial charge in [0.25, 0.3) is 0 Å². The summed E-state index contributed by atoms with van der Waals surface area (Å²) in [6.07, 6.45) is 0. The van der Waals surface area contributed by atoms with Gasteiger partial charge in [-0.2, -0.15) is 0 Å². The standard InChI is InChI=1S/C15H24BrN3/c1-17-7-10-19(11-8-17)12-9-18(2)13-14-3-5-15(16)6-4-14/h3-6H,7-13H2,1-2H3. The Morgan fingerprint density at radius 1 is 1.11 bits per heavy atom. The molecule has 0 amide bonds. The van der Waals surface area contributed by atoms with Gasteiger partial charge in [0.15, 0.2) is 0 Å². The number of halogens is 1. The van der Waals surface area contributed by atoms with E-state index in [0.29, 0.717) is 0 Å². The predicted octanol–water partition coefficient (Wildman–Crippen LogP) is 2.13. The zero-order valence-corrected chi connectivity index (χ0v) is 13.6. The lowest BCUT2D eigenvalue weighted by Crippen LogP contribution is -2.46. The molecule has 106 valence electrons. The van der Waals surface area contributed by atoms with Crippen molar-refractivity contribution < 1.29 is 0 Å². The summed E-state index contributed by atoms with van der Waals surface area (Å²) in [7, 11) is 4.41. The second-order valence-electron chi connectivity index (χ2n) is 5.51. The van der Waals surface area contributed by atoms with Crippen LogP contribution in [-0.4, -0.2) is 68.1 Å². The zero-order chi connectivity index (χ0) is 13.7. The Morgan fingerprint density at radius 2 is 1.74 bits per heavy atom. The molecule has 0 bridgehead atoms. The van der Waals surface area contributed by atoms with Crippen molar-refractivity contribution in [2.45, 2.75) is 6.54 Å². The van der Waals surface area contributed by atoms with E-state index in [9.17, 15) is 0 Å². The van der Waals surface area contributed by atoms with Crippen LogP contribution in [0, 0.1) is 0 Å². The van der Waals surface area contributed by atoms with Gasteiger partial charge in [0, 0.05) is 50.3 Å². The first-order valence-electron chi connectivity index (χ1n) is 6.97. The number of hydrogen-bond donors (Lipinski definition) is 0. The van der Waals surface area contributed by atoms with Crippen molar-refractivity contribution >= 4 is 15.9 Å². The van der Waals surface area contributed by atoms with E-state index in [1.807, 2.05) is 0 Å². The first-order chi connectivity index (χ1) is 9.13. The summed E-state index contributed by atoms with van der Waals surface area (Å²) in [5, 5.41) is 0. The zero-order valence-electron chi connectivity index (χ0n) is 12.0. The van der Waals surface area contributed by atoms with Crippen LogP contribution >= 0.6 is 15.9 Å². The van der Waals surface area contributed by atoms with E-state index in [2.05, 4.69) is 69.0 Å². The van der Waals surface area contributed by atoms with Gasteiger partial charge in [0.05, 0.1) is 0 Å². The molecule has 0 unspecified atom stereocenters. The summed E-state index contributed by atoms with van der Waals surface area (Å²) in [4.78, 5) is 7.38. The average Bonchev–Trinajstić information content (AvgIpc) is 2.41. The Hall–Kier alpha value is -0.420. The second-order valence-corrected chi connectivity index (χ2v) is 6.42. The third kappa shape index (κ3) is 5.22. The van der Waals surface area contributed by atoms with Crippen molar-refractivity contribution in [2.24, 2.45) is 0 Å². The van der Waals surface area contributed by atoms with Gasteiger partial charge in [-0.05, 0) is 31.8 Å². The van der Waals surface area contributed by atoms with Gasteiger partial charge in [0.2, 0.25) is 0 Å². The third-order valence-electron chi connectivity index (χ3n) is 3.76. The van der Waals surface area contributed by atoms with Crippen LogP contribution in [0.3, 0.4) is 0 Å². The molecule has 0 aromatic heterocycles. The van der Waals surface area contributed by atoms with Crippen LogP contribution < -0.4 is 0 Å². The largest absolute Gasteiger partial charge is 0.304 e.